The predicted octanol–water partition coefficient (Wildman–Crippen LogP) is 2.82. The van der Waals surface area contributed by atoms with Gasteiger partial charge in [-0.2, -0.15) is 0 Å². The zero-order valence-electron chi connectivity index (χ0n) is 13.9. The van der Waals surface area contributed by atoms with Gasteiger partial charge in [-0.25, -0.2) is 23.1 Å². The van der Waals surface area contributed by atoms with E-state index in [2.05, 4.69) is 20.0 Å². The lowest BCUT2D eigenvalue weighted by molar-refractivity contribution is 0.546. The van der Waals surface area contributed by atoms with Gasteiger partial charge in [0.25, 0.3) is 0 Å². The van der Waals surface area contributed by atoms with Crippen molar-refractivity contribution in [2.45, 2.75) is 31.1 Å². The molecule has 0 saturated heterocycles. The first-order valence-corrected chi connectivity index (χ1v) is 9.37. The van der Waals surface area contributed by atoms with Crippen LogP contribution in [0.2, 0.25) is 5.02 Å². The van der Waals surface area contributed by atoms with Gasteiger partial charge in [0.15, 0.2) is 0 Å². The van der Waals surface area contributed by atoms with Crippen molar-refractivity contribution < 1.29 is 8.42 Å². The molecule has 6 nitrogen and oxygen atoms in total. The van der Waals surface area contributed by atoms with Gasteiger partial charge < -0.3 is 5.32 Å². The van der Waals surface area contributed by atoms with Crippen LogP contribution in [-0.4, -0.2) is 31.5 Å². The first-order valence-electron chi connectivity index (χ1n) is 7.51. The third kappa shape index (κ3) is 5.15. The van der Waals surface area contributed by atoms with Crippen LogP contribution in [0.5, 0.6) is 0 Å². The molecule has 2 rings (SSSR count). The molecule has 130 valence electrons. The topological polar surface area (TPSA) is 84.0 Å². The van der Waals surface area contributed by atoms with Crippen LogP contribution in [0.3, 0.4) is 0 Å². The van der Waals surface area contributed by atoms with Gasteiger partial charge in [-0.1, -0.05) is 38.4 Å². The Morgan fingerprint density at radius 1 is 1.17 bits per heavy atom. The van der Waals surface area contributed by atoms with E-state index in [1.807, 2.05) is 20.8 Å². The number of rotatable bonds is 6. The highest BCUT2D eigenvalue weighted by atomic mass is 35.5. The van der Waals surface area contributed by atoms with E-state index >= 15 is 0 Å². The van der Waals surface area contributed by atoms with Gasteiger partial charge in [-0.15, -0.1) is 0 Å². The summed E-state index contributed by atoms with van der Waals surface area (Å²) in [5.74, 6) is 1.39. The number of halogens is 1. The summed E-state index contributed by atoms with van der Waals surface area (Å²) in [6.45, 7) is 6.73. The van der Waals surface area contributed by atoms with Crippen LogP contribution >= 0.6 is 11.6 Å². The van der Waals surface area contributed by atoms with Crippen molar-refractivity contribution in [3.05, 3.63) is 47.4 Å². The number of nitrogens with one attached hydrogen (secondary N) is 2. The van der Waals surface area contributed by atoms with Gasteiger partial charge in [0, 0.05) is 29.7 Å². The van der Waals surface area contributed by atoms with E-state index in [0.29, 0.717) is 17.4 Å². The van der Waals surface area contributed by atoms with Gasteiger partial charge in [-0.3, -0.25) is 0 Å². The summed E-state index contributed by atoms with van der Waals surface area (Å²) in [6.07, 6.45) is 1.69. The highest BCUT2D eigenvalue weighted by Gasteiger charge is 2.17. The summed E-state index contributed by atoms with van der Waals surface area (Å²) in [7, 11) is -3.58. The van der Waals surface area contributed by atoms with Gasteiger partial charge >= 0.3 is 0 Å². The third-order valence-corrected chi connectivity index (χ3v) is 4.85. The zero-order valence-corrected chi connectivity index (χ0v) is 15.4. The fraction of sp³-hybridized carbons (Fsp3) is 0.375. The predicted molar refractivity (Wildman–Crippen MR) is 95.9 cm³/mol. The molecular formula is C16H21ClN4O2S. The fourth-order valence-electron chi connectivity index (χ4n) is 1.91. The Morgan fingerprint density at radius 2 is 1.92 bits per heavy atom. The fourth-order valence-corrected chi connectivity index (χ4v) is 3.24. The van der Waals surface area contributed by atoms with Gasteiger partial charge in [0.05, 0.1) is 4.90 Å². The first kappa shape index (κ1) is 18.6. The molecule has 0 unspecified atom stereocenters. The van der Waals surface area contributed by atoms with E-state index in [-0.39, 0.29) is 16.9 Å². The Hall–Kier alpha value is -1.70. The summed E-state index contributed by atoms with van der Waals surface area (Å²) >= 11 is 5.83. The molecule has 0 aliphatic heterocycles. The number of nitrogens with zero attached hydrogens (tertiary/aromatic N) is 2. The minimum Gasteiger partial charge on any atom is -0.369 e. The normalized spacial score (nSPS) is 12.2. The maximum absolute atomic E-state index is 12.2. The van der Waals surface area contributed by atoms with Crippen molar-refractivity contribution >= 4 is 27.4 Å². The molecule has 0 bridgehead atoms. The lowest BCUT2D eigenvalue weighted by atomic mass is 9.96. The number of aromatic nitrogens is 2. The van der Waals surface area contributed by atoms with Crippen LogP contribution in [0.4, 0.5) is 5.82 Å². The molecule has 0 aliphatic carbocycles. The minimum absolute atomic E-state index is 0.145. The average Bonchev–Trinajstić information content (AvgIpc) is 2.51. The van der Waals surface area contributed by atoms with Crippen LogP contribution < -0.4 is 10.0 Å². The Kier molecular flexibility index (Phi) is 5.79. The van der Waals surface area contributed by atoms with E-state index in [0.717, 1.165) is 5.82 Å². The number of anilines is 1. The summed E-state index contributed by atoms with van der Waals surface area (Å²) < 4.78 is 26.8. The second kappa shape index (κ2) is 7.46. The van der Waals surface area contributed by atoms with E-state index in [4.69, 9.17) is 11.6 Å². The maximum Gasteiger partial charge on any atom is 0.240 e. The monoisotopic (exact) mass is 368 g/mol. The van der Waals surface area contributed by atoms with Crippen molar-refractivity contribution in [3.63, 3.8) is 0 Å². The van der Waals surface area contributed by atoms with Gasteiger partial charge in [-0.05, 0) is 24.3 Å². The van der Waals surface area contributed by atoms with Crippen LogP contribution in [0.15, 0.2) is 41.4 Å². The summed E-state index contributed by atoms with van der Waals surface area (Å²) in [4.78, 5) is 8.83. The van der Waals surface area contributed by atoms with Crippen LogP contribution in [-0.2, 0) is 15.4 Å². The zero-order chi connectivity index (χ0) is 17.8. The molecule has 0 radical (unpaired) electrons. The second-order valence-electron chi connectivity index (χ2n) is 6.30. The quantitative estimate of drug-likeness (QED) is 0.766. The first-order chi connectivity index (χ1) is 11.2. The Labute approximate surface area is 147 Å². The molecule has 0 fully saturated rings. The molecule has 24 heavy (non-hydrogen) atoms. The van der Waals surface area contributed by atoms with E-state index in [1.165, 1.54) is 12.1 Å². The van der Waals surface area contributed by atoms with Crippen LogP contribution in [0, 0.1) is 0 Å². The van der Waals surface area contributed by atoms with Crippen molar-refractivity contribution in [1.82, 2.24) is 14.7 Å². The molecule has 2 aromatic rings. The van der Waals surface area contributed by atoms with E-state index in [1.54, 1.807) is 24.4 Å². The van der Waals surface area contributed by atoms with Crippen molar-refractivity contribution in [2.75, 3.05) is 18.4 Å². The molecule has 8 heteroatoms. The lowest BCUT2D eigenvalue weighted by Gasteiger charge is -2.17. The molecule has 0 amide bonds. The van der Waals surface area contributed by atoms with Gasteiger partial charge in [0.2, 0.25) is 10.0 Å². The number of hydrogen-bond donors (Lipinski definition) is 2. The van der Waals surface area contributed by atoms with Gasteiger partial charge in [0.1, 0.15) is 11.6 Å². The summed E-state index contributed by atoms with van der Waals surface area (Å²) in [5, 5.41) is 3.47. The maximum atomic E-state index is 12.2. The SMILES string of the molecule is CC(C)(C)c1nccc(NCCNS(=O)(=O)c2cccc(Cl)c2)n1. The molecule has 0 atom stereocenters. The Bertz CT molecular complexity index is 804. The second-order valence-corrected chi connectivity index (χ2v) is 8.50. The van der Waals surface area contributed by atoms with Crippen molar-refractivity contribution in [1.29, 1.82) is 0 Å². The Balaban J connectivity index is 1.91. The Morgan fingerprint density at radius 3 is 2.58 bits per heavy atom. The van der Waals surface area contributed by atoms with Crippen molar-refractivity contribution in [3.8, 4) is 0 Å². The van der Waals surface area contributed by atoms with Crippen LogP contribution in [0.1, 0.15) is 26.6 Å². The number of sulfonamides is 1. The molecule has 1 aromatic heterocycles. The summed E-state index contributed by atoms with van der Waals surface area (Å²) in [5.41, 5.74) is -0.147. The third-order valence-electron chi connectivity index (χ3n) is 3.16. The lowest BCUT2D eigenvalue weighted by Crippen LogP contribution is -2.29. The standard InChI is InChI=1S/C16H21ClN4O2S/c1-16(2,3)15-19-8-7-14(21-15)18-9-10-20-24(22,23)13-6-4-5-12(17)11-13/h4-8,11,20H,9-10H2,1-3H3,(H,18,19,21). The number of hydrogen-bond acceptors (Lipinski definition) is 5. The molecule has 1 heterocycles. The van der Waals surface area contributed by atoms with Crippen LogP contribution in [0.25, 0.3) is 0 Å². The van der Waals surface area contributed by atoms with Crippen molar-refractivity contribution in [2.24, 2.45) is 0 Å². The largest absolute Gasteiger partial charge is 0.369 e. The minimum atomic E-state index is -3.58. The molecule has 2 N–H and O–H groups in total. The highest BCUT2D eigenvalue weighted by molar-refractivity contribution is 7.89. The molecular weight excluding hydrogens is 348 g/mol. The molecule has 0 saturated carbocycles. The summed E-state index contributed by atoms with van der Waals surface area (Å²) in [6, 6.07) is 7.90. The molecule has 1 aromatic carbocycles. The average molecular weight is 369 g/mol. The highest BCUT2D eigenvalue weighted by Crippen LogP contribution is 2.18. The molecule has 0 aliphatic rings. The number of benzene rings is 1. The van der Waals surface area contributed by atoms with E-state index in [9.17, 15) is 8.42 Å². The molecule has 0 spiro atoms. The van der Waals surface area contributed by atoms with E-state index < -0.39 is 10.0 Å². The smallest absolute Gasteiger partial charge is 0.240 e.